The van der Waals surface area contributed by atoms with Crippen LogP contribution in [-0.2, 0) is 11.3 Å². The number of rotatable bonds is 9. The van der Waals surface area contributed by atoms with Gasteiger partial charge in [-0.15, -0.1) is 0 Å². The van der Waals surface area contributed by atoms with Gasteiger partial charge < -0.3 is 10.0 Å². The SMILES string of the molecule is CSCC[C@@H](CO)N(Cc1ccc(Br)cc1)C(=O)CCS. The first-order chi connectivity index (χ1) is 10.1. The lowest BCUT2D eigenvalue weighted by molar-refractivity contribution is -0.134. The third-order valence-electron chi connectivity index (χ3n) is 3.22. The van der Waals surface area contributed by atoms with E-state index in [4.69, 9.17) is 0 Å². The number of carbonyl (C=O) groups is 1. The van der Waals surface area contributed by atoms with Gasteiger partial charge in [0.2, 0.25) is 5.91 Å². The van der Waals surface area contributed by atoms with E-state index < -0.39 is 0 Å². The molecule has 21 heavy (non-hydrogen) atoms. The van der Waals surface area contributed by atoms with E-state index in [0.717, 1.165) is 22.2 Å². The van der Waals surface area contributed by atoms with Gasteiger partial charge in [-0.05, 0) is 41.9 Å². The molecule has 0 aromatic heterocycles. The van der Waals surface area contributed by atoms with Crippen LogP contribution in [0.15, 0.2) is 28.7 Å². The monoisotopic (exact) mass is 391 g/mol. The van der Waals surface area contributed by atoms with Crippen molar-refractivity contribution in [3.8, 4) is 0 Å². The van der Waals surface area contributed by atoms with Crippen LogP contribution in [0, 0.1) is 0 Å². The topological polar surface area (TPSA) is 40.5 Å². The molecule has 0 aliphatic rings. The average molecular weight is 392 g/mol. The summed E-state index contributed by atoms with van der Waals surface area (Å²) in [5, 5.41) is 9.63. The van der Waals surface area contributed by atoms with Gasteiger partial charge >= 0.3 is 0 Å². The van der Waals surface area contributed by atoms with E-state index in [0.29, 0.717) is 18.7 Å². The van der Waals surface area contributed by atoms with Crippen molar-refractivity contribution >= 4 is 46.2 Å². The maximum atomic E-state index is 12.3. The molecular weight excluding hydrogens is 370 g/mol. The predicted molar refractivity (Wildman–Crippen MR) is 97.0 cm³/mol. The second-order valence-corrected chi connectivity index (χ2v) is 7.09. The first kappa shape index (κ1) is 18.9. The van der Waals surface area contributed by atoms with E-state index in [1.807, 2.05) is 30.5 Å². The lowest BCUT2D eigenvalue weighted by Crippen LogP contribution is -2.42. The van der Waals surface area contributed by atoms with Gasteiger partial charge in [0.05, 0.1) is 12.6 Å². The maximum Gasteiger partial charge on any atom is 0.224 e. The largest absolute Gasteiger partial charge is 0.394 e. The zero-order valence-corrected chi connectivity index (χ0v) is 15.5. The number of halogens is 1. The lowest BCUT2D eigenvalue weighted by atomic mass is 10.1. The van der Waals surface area contributed by atoms with Crippen LogP contribution >= 0.6 is 40.3 Å². The molecule has 0 spiro atoms. The van der Waals surface area contributed by atoms with Crippen LogP contribution in [0.1, 0.15) is 18.4 Å². The van der Waals surface area contributed by atoms with Crippen LogP contribution in [0.2, 0.25) is 0 Å². The zero-order chi connectivity index (χ0) is 15.7. The number of amides is 1. The molecule has 0 aliphatic heterocycles. The maximum absolute atomic E-state index is 12.3. The molecule has 0 fully saturated rings. The smallest absolute Gasteiger partial charge is 0.224 e. The number of hydrogen-bond donors (Lipinski definition) is 2. The molecule has 1 atom stereocenters. The minimum absolute atomic E-state index is 0.00456. The molecule has 0 saturated carbocycles. The van der Waals surface area contributed by atoms with Crippen LogP contribution in [0.25, 0.3) is 0 Å². The van der Waals surface area contributed by atoms with Crippen molar-refractivity contribution in [1.29, 1.82) is 0 Å². The van der Waals surface area contributed by atoms with E-state index >= 15 is 0 Å². The van der Waals surface area contributed by atoms with Crippen molar-refractivity contribution in [3.05, 3.63) is 34.3 Å². The number of aliphatic hydroxyl groups excluding tert-OH is 1. The molecule has 0 unspecified atom stereocenters. The minimum atomic E-state index is -0.131. The van der Waals surface area contributed by atoms with Crippen molar-refractivity contribution < 1.29 is 9.90 Å². The van der Waals surface area contributed by atoms with E-state index in [-0.39, 0.29) is 18.6 Å². The Morgan fingerprint density at radius 2 is 2.10 bits per heavy atom. The molecule has 1 rings (SSSR count). The first-order valence-corrected chi connectivity index (χ1v) is 9.68. The Kier molecular flexibility index (Phi) is 9.47. The predicted octanol–water partition coefficient (Wildman–Crippen LogP) is 3.21. The summed E-state index contributed by atoms with van der Waals surface area (Å²) >= 11 is 9.28. The number of nitrogens with zero attached hydrogens (tertiary/aromatic N) is 1. The van der Waals surface area contributed by atoms with Crippen LogP contribution in [-0.4, -0.2) is 46.3 Å². The summed E-state index contributed by atoms with van der Waals surface area (Å²) in [6.45, 7) is 0.523. The molecule has 1 aromatic rings. The van der Waals surface area contributed by atoms with E-state index in [2.05, 4.69) is 28.6 Å². The number of carbonyl (C=O) groups excluding carboxylic acids is 1. The fourth-order valence-electron chi connectivity index (χ4n) is 2.05. The summed E-state index contributed by atoms with van der Waals surface area (Å²) in [5.74, 6) is 1.50. The van der Waals surface area contributed by atoms with E-state index in [1.165, 1.54) is 0 Å². The Morgan fingerprint density at radius 1 is 1.43 bits per heavy atom. The Balaban J connectivity index is 2.84. The third-order valence-corrected chi connectivity index (χ3v) is 4.62. The quantitative estimate of drug-likeness (QED) is 0.634. The Hall–Kier alpha value is -0.170. The van der Waals surface area contributed by atoms with Crippen LogP contribution in [0.4, 0.5) is 0 Å². The molecule has 0 saturated heterocycles. The van der Waals surface area contributed by atoms with Crippen molar-refractivity contribution in [1.82, 2.24) is 4.90 Å². The lowest BCUT2D eigenvalue weighted by Gasteiger charge is -2.31. The van der Waals surface area contributed by atoms with Gasteiger partial charge in [-0.1, -0.05) is 28.1 Å². The van der Waals surface area contributed by atoms with Crippen molar-refractivity contribution in [2.75, 3.05) is 24.4 Å². The van der Waals surface area contributed by atoms with Crippen molar-refractivity contribution in [3.63, 3.8) is 0 Å². The van der Waals surface area contributed by atoms with Crippen LogP contribution < -0.4 is 0 Å². The van der Waals surface area contributed by atoms with E-state index in [1.54, 1.807) is 16.7 Å². The highest BCUT2D eigenvalue weighted by molar-refractivity contribution is 9.10. The zero-order valence-electron chi connectivity index (χ0n) is 12.2. The van der Waals surface area contributed by atoms with Gasteiger partial charge in [-0.25, -0.2) is 0 Å². The summed E-state index contributed by atoms with van der Waals surface area (Å²) < 4.78 is 1.01. The molecular formula is C15H22BrNO2S2. The van der Waals surface area contributed by atoms with Crippen LogP contribution in [0.5, 0.6) is 0 Å². The van der Waals surface area contributed by atoms with E-state index in [9.17, 15) is 9.90 Å². The highest BCUT2D eigenvalue weighted by atomic mass is 79.9. The Bertz CT molecular complexity index is 428. The summed E-state index contributed by atoms with van der Waals surface area (Å²) in [7, 11) is 0. The molecule has 0 aliphatic carbocycles. The fraction of sp³-hybridized carbons (Fsp3) is 0.533. The van der Waals surface area contributed by atoms with Gasteiger partial charge in [0.15, 0.2) is 0 Å². The van der Waals surface area contributed by atoms with Crippen molar-refractivity contribution in [2.45, 2.75) is 25.4 Å². The van der Waals surface area contributed by atoms with Gasteiger partial charge in [-0.3, -0.25) is 4.79 Å². The Morgan fingerprint density at radius 3 is 2.62 bits per heavy atom. The normalized spacial score (nSPS) is 12.2. The van der Waals surface area contributed by atoms with Crippen LogP contribution in [0.3, 0.4) is 0 Å². The summed E-state index contributed by atoms with van der Waals surface area (Å²) in [6, 6.07) is 7.79. The van der Waals surface area contributed by atoms with Gasteiger partial charge in [0.25, 0.3) is 0 Å². The average Bonchev–Trinajstić information content (AvgIpc) is 2.49. The highest BCUT2D eigenvalue weighted by Gasteiger charge is 2.22. The molecule has 3 nitrogen and oxygen atoms in total. The second-order valence-electron chi connectivity index (χ2n) is 4.74. The fourth-order valence-corrected chi connectivity index (χ4v) is 3.01. The summed E-state index contributed by atoms with van der Waals surface area (Å²) in [5.41, 5.74) is 1.06. The number of benzene rings is 1. The molecule has 118 valence electrons. The summed E-state index contributed by atoms with van der Waals surface area (Å²) in [4.78, 5) is 14.1. The van der Waals surface area contributed by atoms with Gasteiger partial charge in [0.1, 0.15) is 0 Å². The number of thiol groups is 1. The molecule has 0 radical (unpaired) electrons. The number of thioether (sulfide) groups is 1. The molecule has 1 aromatic carbocycles. The standard InChI is InChI=1S/C15H22BrNO2S2/c1-21-9-7-14(11-18)17(15(19)6-8-20)10-12-2-4-13(16)5-3-12/h2-5,14,18,20H,6-11H2,1H3/t14-/m0/s1. The van der Waals surface area contributed by atoms with Gasteiger partial charge in [0, 0.05) is 17.4 Å². The first-order valence-electron chi connectivity index (χ1n) is 6.87. The van der Waals surface area contributed by atoms with Gasteiger partial charge in [-0.2, -0.15) is 24.4 Å². The Labute approximate surface area is 145 Å². The number of aliphatic hydroxyl groups is 1. The second kappa shape index (κ2) is 10.5. The molecule has 6 heteroatoms. The molecule has 1 amide bonds. The minimum Gasteiger partial charge on any atom is -0.394 e. The number of hydrogen-bond acceptors (Lipinski definition) is 4. The molecule has 0 heterocycles. The van der Waals surface area contributed by atoms with Crippen molar-refractivity contribution in [2.24, 2.45) is 0 Å². The third kappa shape index (κ3) is 6.63. The molecule has 0 bridgehead atoms. The molecule has 1 N–H and O–H groups in total. The summed E-state index contributed by atoms with van der Waals surface area (Å²) in [6.07, 6.45) is 3.23. The highest BCUT2D eigenvalue weighted by Crippen LogP contribution is 2.17.